The lowest BCUT2D eigenvalue weighted by Gasteiger charge is -2.18. The second kappa shape index (κ2) is 7.17. The van der Waals surface area contributed by atoms with Crippen molar-refractivity contribution in [1.29, 1.82) is 0 Å². The Bertz CT molecular complexity index is 608. The van der Waals surface area contributed by atoms with Crippen LogP contribution >= 0.6 is 23.2 Å². The molecule has 0 heterocycles. The molecule has 0 saturated heterocycles. The molecule has 0 amide bonds. The van der Waals surface area contributed by atoms with Gasteiger partial charge in [0.15, 0.2) is 0 Å². The molecular weight excluding hydrogens is 305 g/mol. The molecule has 0 aromatic heterocycles. The molecule has 2 aromatic rings. The molecule has 1 N–H and O–H groups in total. The van der Waals surface area contributed by atoms with Crippen molar-refractivity contribution in [2.45, 2.75) is 26.5 Å². The van der Waals surface area contributed by atoms with E-state index in [1.54, 1.807) is 0 Å². The van der Waals surface area contributed by atoms with Crippen molar-refractivity contribution in [3.05, 3.63) is 63.1 Å². The molecule has 2 aromatic carbocycles. The molecular formula is C17H19Cl2NO. The van der Waals surface area contributed by atoms with Crippen LogP contribution in [0.3, 0.4) is 0 Å². The van der Waals surface area contributed by atoms with E-state index >= 15 is 0 Å². The number of benzene rings is 2. The zero-order chi connectivity index (χ0) is 15.4. The summed E-state index contributed by atoms with van der Waals surface area (Å²) in [5.74, 6) is 0.846. The highest BCUT2D eigenvalue weighted by Gasteiger charge is 2.12. The maximum atomic E-state index is 6.17. The standard InChI is InChI=1S/C17H19Cl2NO/c1-11-7-8-17(13(9-11)12(2)20-3)21-10-14-15(18)5-4-6-16(14)19/h4-9,12,20H,10H2,1-3H3. The van der Waals surface area contributed by atoms with Gasteiger partial charge in [-0.05, 0) is 39.1 Å². The summed E-state index contributed by atoms with van der Waals surface area (Å²) in [6, 6.07) is 11.8. The van der Waals surface area contributed by atoms with Crippen LogP contribution in [-0.4, -0.2) is 7.05 Å². The smallest absolute Gasteiger partial charge is 0.124 e. The minimum Gasteiger partial charge on any atom is -0.488 e. The maximum Gasteiger partial charge on any atom is 0.124 e. The zero-order valence-electron chi connectivity index (χ0n) is 12.4. The number of hydrogen-bond donors (Lipinski definition) is 1. The summed E-state index contributed by atoms with van der Waals surface area (Å²) >= 11 is 12.3. The molecule has 0 saturated carbocycles. The fourth-order valence-corrected chi connectivity index (χ4v) is 2.62. The maximum absolute atomic E-state index is 6.17. The Labute approximate surface area is 136 Å². The van der Waals surface area contributed by atoms with E-state index in [-0.39, 0.29) is 6.04 Å². The van der Waals surface area contributed by atoms with Crippen LogP contribution in [0.25, 0.3) is 0 Å². The van der Waals surface area contributed by atoms with Crippen molar-refractivity contribution in [3.8, 4) is 5.75 Å². The van der Waals surface area contributed by atoms with Crippen LogP contribution in [0.4, 0.5) is 0 Å². The molecule has 1 atom stereocenters. The van der Waals surface area contributed by atoms with Crippen molar-refractivity contribution in [2.75, 3.05) is 7.05 Å². The normalized spacial score (nSPS) is 12.2. The fraction of sp³-hybridized carbons (Fsp3) is 0.294. The molecule has 2 rings (SSSR count). The zero-order valence-corrected chi connectivity index (χ0v) is 13.9. The number of rotatable bonds is 5. The van der Waals surface area contributed by atoms with Crippen molar-refractivity contribution in [3.63, 3.8) is 0 Å². The molecule has 0 fully saturated rings. The van der Waals surface area contributed by atoms with Crippen molar-refractivity contribution in [1.82, 2.24) is 5.32 Å². The largest absolute Gasteiger partial charge is 0.488 e. The molecule has 0 aliphatic carbocycles. The Hall–Kier alpha value is -1.22. The van der Waals surface area contributed by atoms with E-state index in [1.807, 2.05) is 37.4 Å². The highest BCUT2D eigenvalue weighted by molar-refractivity contribution is 6.35. The van der Waals surface area contributed by atoms with E-state index < -0.39 is 0 Å². The minimum absolute atomic E-state index is 0.210. The molecule has 21 heavy (non-hydrogen) atoms. The van der Waals surface area contributed by atoms with Gasteiger partial charge in [0.05, 0.1) is 0 Å². The van der Waals surface area contributed by atoms with Gasteiger partial charge in [0.1, 0.15) is 12.4 Å². The molecule has 0 aliphatic rings. The van der Waals surface area contributed by atoms with E-state index in [9.17, 15) is 0 Å². The second-order valence-corrected chi connectivity index (χ2v) is 5.85. The number of aryl methyl sites for hydroxylation is 1. The summed E-state index contributed by atoms with van der Waals surface area (Å²) in [5, 5.41) is 4.48. The van der Waals surface area contributed by atoms with Gasteiger partial charge in [0.2, 0.25) is 0 Å². The first kappa shape index (κ1) is 16.2. The molecule has 112 valence electrons. The van der Waals surface area contributed by atoms with Crippen LogP contribution in [0.15, 0.2) is 36.4 Å². The predicted octanol–water partition coefficient (Wildman–Crippen LogP) is 5.16. The highest BCUT2D eigenvalue weighted by atomic mass is 35.5. The van der Waals surface area contributed by atoms with Crippen LogP contribution in [0, 0.1) is 6.92 Å². The van der Waals surface area contributed by atoms with Crippen LogP contribution in [-0.2, 0) is 6.61 Å². The topological polar surface area (TPSA) is 21.3 Å². The highest BCUT2D eigenvalue weighted by Crippen LogP contribution is 2.30. The lowest BCUT2D eigenvalue weighted by atomic mass is 10.0. The third-order valence-corrected chi connectivity index (χ3v) is 4.21. The Morgan fingerprint density at radius 1 is 1.14 bits per heavy atom. The lowest BCUT2D eigenvalue weighted by molar-refractivity contribution is 0.300. The van der Waals surface area contributed by atoms with Crippen LogP contribution < -0.4 is 10.1 Å². The van der Waals surface area contributed by atoms with E-state index in [1.165, 1.54) is 5.56 Å². The molecule has 0 aliphatic heterocycles. The summed E-state index contributed by atoms with van der Waals surface area (Å²) < 4.78 is 5.95. The van der Waals surface area contributed by atoms with Crippen molar-refractivity contribution in [2.24, 2.45) is 0 Å². The van der Waals surface area contributed by atoms with Gasteiger partial charge in [-0.15, -0.1) is 0 Å². The van der Waals surface area contributed by atoms with Gasteiger partial charge >= 0.3 is 0 Å². The summed E-state index contributed by atoms with van der Waals surface area (Å²) in [6.45, 7) is 4.52. The first-order chi connectivity index (χ1) is 10.0. The Morgan fingerprint density at radius 2 is 1.81 bits per heavy atom. The summed E-state index contributed by atoms with van der Waals surface area (Å²) in [7, 11) is 1.93. The monoisotopic (exact) mass is 323 g/mol. The Kier molecular flexibility index (Phi) is 5.51. The fourth-order valence-electron chi connectivity index (χ4n) is 2.11. The number of nitrogens with one attached hydrogen (secondary N) is 1. The minimum atomic E-state index is 0.210. The number of ether oxygens (including phenoxy) is 1. The summed E-state index contributed by atoms with van der Waals surface area (Å²) in [4.78, 5) is 0. The van der Waals surface area contributed by atoms with Crippen molar-refractivity contribution >= 4 is 23.2 Å². The number of halogens is 2. The third-order valence-electron chi connectivity index (χ3n) is 3.50. The van der Waals surface area contributed by atoms with E-state index in [2.05, 4.69) is 25.2 Å². The average molecular weight is 324 g/mol. The van der Waals surface area contributed by atoms with Gasteiger partial charge in [0, 0.05) is 27.2 Å². The predicted molar refractivity (Wildman–Crippen MR) is 89.4 cm³/mol. The number of hydrogen-bond acceptors (Lipinski definition) is 2. The van der Waals surface area contributed by atoms with Crippen LogP contribution in [0.2, 0.25) is 10.0 Å². The van der Waals surface area contributed by atoms with Gasteiger partial charge in [-0.25, -0.2) is 0 Å². The molecule has 0 bridgehead atoms. The molecule has 0 radical (unpaired) electrons. The quantitative estimate of drug-likeness (QED) is 0.820. The van der Waals surface area contributed by atoms with Gasteiger partial charge in [-0.3, -0.25) is 0 Å². The second-order valence-electron chi connectivity index (χ2n) is 5.04. The first-order valence-corrected chi connectivity index (χ1v) is 7.62. The SMILES string of the molecule is CNC(C)c1cc(C)ccc1OCc1c(Cl)cccc1Cl. The van der Waals surface area contributed by atoms with Crippen LogP contribution in [0.1, 0.15) is 29.7 Å². The first-order valence-electron chi connectivity index (χ1n) is 6.86. The van der Waals surface area contributed by atoms with Crippen molar-refractivity contribution < 1.29 is 4.74 Å². The Balaban J connectivity index is 2.24. The van der Waals surface area contributed by atoms with E-state index in [4.69, 9.17) is 27.9 Å². The van der Waals surface area contributed by atoms with E-state index in [0.29, 0.717) is 16.7 Å². The van der Waals surface area contributed by atoms with Gasteiger partial charge in [-0.1, -0.05) is 47.0 Å². The van der Waals surface area contributed by atoms with Gasteiger partial charge in [0.25, 0.3) is 0 Å². The molecule has 4 heteroatoms. The molecule has 2 nitrogen and oxygen atoms in total. The third kappa shape index (κ3) is 3.91. The molecule has 1 unspecified atom stereocenters. The Morgan fingerprint density at radius 3 is 2.43 bits per heavy atom. The van der Waals surface area contributed by atoms with E-state index in [0.717, 1.165) is 16.9 Å². The summed E-state index contributed by atoms with van der Waals surface area (Å²) in [5.41, 5.74) is 3.14. The molecule has 0 spiro atoms. The summed E-state index contributed by atoms with van der Waals surface area (Å²) in [6.07, 6.45) is 0. The average Bonchev–Trinajstić information content (AvgIpc) is 2.47. The lowest BCUT2D eigenvalue weighted by Crippen LogP contribution is -2.14. The van der Waals surface area contributed by atoms with Crippen LogP contribution in [0.5, 0.6) is 5.75 Å². The van der Waals surface area contributed by atoms with Gasteiger partial charge in [-0.2, -0.15) is 0 Å². The van der Waals surface area contributed by atoms with Gasteiger partial charge < -0.3 is 10.1 Å².